The van der Waals surface area contributed by atoms with Crippen molar-refractivity contribution in [2.24, 2.45) is 0 Å². The van der Waals surface area contributed by atoms with E-state index >= 15 is 0 Å². The van der Waals surface area contributed by atoms with Gasteiger partial charge in [-0.3, -0.25) is 4.79 Å². The van der Waals surface area contributed by atoms with Crippen molar-refractivity contribution >= 4 is 23.2 Å². The lowest BCUT2D eigenvalue weighted by atomic mass is 9.92. The zero-order valence-corrected chi connectivity index (χ0v) is 16.2. The molecule has 0 bridgehead atoms. The molecule has 0 aromatic heterocycles. The van der Waals surface area contributed by atoms with Crippen LogP contribution in [-0.2, 0) is 10.2 Å². The van der Waals surface area contributed by atoms with Gasteiger partial charge in [-0.2, -0.15) is 0 Å². The largest absolute Gasteiger partial charge is 0.310 e. The first-order valence-corrected chi connectivity index (χ1v) is 9.89. The van der Waals surface area contributed by atoms with E-state index in [0.29, 0.717) is 0 Å². The number of fused-ring (bicyclic) bond motifs is 2. The molecular weight excluding hydrogens is 344 g/mol. The molecule has 0 N–H and O–H groups in total. The molecule has 3 nitrogen and oxygen atoms in total. The molecule has 1 heterocycles. The van der Waals surface area contributed by atoms with Gasteiger partial charge in [-0.25, -0.2) is 0 Å². The highest BCUT2D eigenvalue weighted by Crippen LogP contribution is 2.66. The van der Waals surface area contributed by atoms with Gasteiger partial charge in [-0.1, -0.05) is 55.8 Å². The van der Waals surface area contributed by atoms with Gasteiger partial charge in [0.25, 0.3) is 0 Å². The van der Waals surface area contributed by atoms with Crippen LogP contribution in [0.4, 0.5) is 5.69 Å². The molecule has 1 aliphatic heterocycles. The number of carbonyl (C=O) groups excluding carboxylic acids is 1. The van der Waals surface area contributed by atoms with E-state index < -0.39 is 0 Å². The first-order valence-electron chi connectivity index (χ1n) is 9.51. The topological polar surface area (TPSA) is 23.6 Å². The number of hydrogen-bond donors (Lipinski definition) is 0. The predicted molar refractivity (Wildman–Crippen MR) is 107 cm³/mol. The Hall–Kier alpha value is -1.84. The Balaban J connectivity index is 1.63. The van der Waals surface area contributed by atoms with Crippen LogP contribution < -0.4 is 4.90 Å². The Morgan fingerprint density at radius 3 is 2.50 bits per heavy atom. The molecule has 2 aromatic rings. The monoisotopic (exact) mass is 368 g/mol. The zero-order valence-electron chi connectivity index (χ0n) is 15.4. The number of anilines is 1. The van der Waals surface area contributed by atoms with Gasteiger partial charge in [0.1, 0.15) is 0 Å². The maximum absolute atomic E-state index is 13.5. The molecule has 4 heteroatoms. The number of hydrogen-bond acceptors (Lipinski definition) is 2. The first-order chi connectivity index (χ1) is 12.6. The first kappa shape index (κ1) is 17.6. The fraction of sp³-hybridized carbons (Fsp3) is 0.409. The molecule has 2 aliphatic rings. The van der Waals surface area contributed by atoms with Crippen molar-refractivity contribution in [3.8, 4) is 0 Å². The van der Waals surface area contributed by atoms with Crippen LogP contribution in [0.15, 0.2) is 48.5 Å². The molecule has 1 aliphatic carbocycles. The fourth-order valence-electron chi connectivity index (χ4n) is 4.45. The summed E-state index contributed by atoms with van der Waals surface area (Å²) in [4.78, 5) is 17.9. The Bertz CT molecular complexity index is 815. The summed E-state index contributed by atoms with van der Waals surface area (Å²) in [5.41, 5.74) is 3.14. The van der Waals surface area contributed by atoms with Gasteiger partial charge in [0.2, 0.25) is 5.91 Å². The van der Waals surface area contributed by atoms with Crippen molar-refractivity contribution in [2.75, 3.05) is 31.1 Å². The van der Waals surface area contributed by atoms with Crippen molar-refractivity contribution in [3.63, 3.8) is 0 Å². The summed E-state index contributed by atoms with van der Waals surface area (Å²) >= 11 is 6.04. The minimum atomic E-state index is -0.367. The van der Waals surface area contributed by atoms with Crippen LogP contribution in [-0.4, -0.2) is 37.0 Å². The summed E-state index contributed by atoms with van der Waals surface area (Å²) in [5, 5.41) is 0.738. The summed E-state index contributed by atoms with van der Waals surface area (Å²) in [6.07, 6.45) is 0.895. The quantitative estimate of drug-likeness (QED) is 0.751. The number of halogens is 1. The highest BCUT2D eigenvalue weighted by molar-refractivity contribution is 6.30. The Morgan fingerprint density at radius 2 is 1.81 bits per heavy atom. The van der Waals surface area contributed by atoms with E-state index in [-0.39, 0.29) is 17.2 Å². The van der Waals surface area contributed by atoms with Crippen LogP contribution in [0.25, 0.3) is 0 Å². The van der Waals surface area contributed by atoms with E-state index in [1.165, 1.54) is 11.1 Å². The molecule has 1 spiro atoms. The van der Waals surface area contributed by atoms with E-state index in [0.717, 1.165) is 43.3 Å². The highest BCUT2D eigenvalue weighted by atomic mass is 35.5. The maximum Gasteiger partial charge on any atom is 0.238 e. The van der Waals surface area contributed by atoms with Crippen molar-refractivity contribution in [1.82, 2.24) is 4.90 Å². The number of nitrogens with zero attached hydrogens (tertiary/aromatic N) is 2. The lowest BCUT2D eigenvalue weighted by Crippen LogP contribution is -2.39. The molecule has 136 valence electrons. The van der Waals surface area contributed by atoms with Crippen molar-refractivity contribution in [2.45, 2.75) is 31.6 Å². The van der Waals surface area contributed by atoms with Gasteiger partial charge >= 0.3 is 0 Å². The van der Waals surface area contributed by atoms with Crippen LogP contribution in [0.2, 0.25) is 5.02 Å². The van der Waals surface area contributed by atoms with Gasteiger partial charge < -0.3 is 9.80 Å². The van der Waals surface area contributed by atoms with Gasteiger partial charge in [0.15, 0.2) is 0 Å². The van der Waals surface area contributed by atoms with E-state index in [1.807, 2.05) is 23.1 Å². The minimum Gasteiger partial charge on any atom is -0.310 e. The second-order valence-corrected chi connectivity index (χ2v) is 7.72. The molecular formula is C22H25ClN2O. The third kappa shape index (κ3) is 2.65. The molecule has 2 atom stereocenters. The minimum absolute atomic E-state index is 0.256. The highest BCUT2D eigenvalue weighted by Gasteiger charge is 2.66. The third-order valence-corrected chi connectivity index (χ3v) is 6.32. The van der Waals surface area contributed by atoms with Crippen LogP contribution in [0.5, 0.6) is 0 Å². The lowest BCUT2D eigenvalue weighted by molar-refractivity contribution is -0.120. The second-order valence-electron chi connectivity index (χ2n) is 7.28. The van der Waals surface area contributed by atoms with E-state index in [4.69, 9.17) is 11.6 Å². The van der Waals surface area contributed by atoms with Crippen LogP contribution in [0, 0.1) is 0 Å². The summed E-state index contributed by atoms with van der Waals surface area (Å²) in [5.74, 6) is 0.526. The smallest absolute Gasteiger partial charge is 0.238 e. The summed E-state index contributed by atoms with van der Waals surface area (Å²) in [6, 6.07) is 16.3. The predicted octanol–water partition coefficient (Wildman–Crippen LogP) is 4.45. The molecule has 26 heavy (non-hydrogen) atoms. The molecule has 0 saturated heterocycles. The average molecular weight is 369 g/mol. The van der Waals surface area contributed by atoms with Crippen molar-refractivity contribution in [3.05, 3.63) is 64.7 Å². The Morgan fingerprint density at radius 1 is 1.12 bits per heavy atom. The maximum atomic E-state index is 13.5. The zero-order chi connectivity index (χ0) is 18.3. The lowest BCUT2D eigenvalue weighted by Gasteiger charge is -2.24. The second kappa shape index (κ2) is 6.71. The molecule has 1 saturated carbocycles. The molecule has 1 unspecified atom stereocenters. The molecule has 1 fully saturated rings. The molecule has 4 rings (SSSR count). The third-order valence-electron chi connectivity index (χ3n) is 6.07. The summed E-state index contributed by atoms with van der Waals surface area (Å²) in [7, 11) is 0. The number of likely N-dealkylation sites (N-methyl/N-ethyl adjacent to an activating group) is 1. The molecule has 0 radical (unpaired) electrons. The number of rotatable bonds is 6. The number of para-hydroxylation sites is 1. The van der Waals surface area contributed by atoms with Crippen LogP contribution in [0.1, 0.15) is 37.3 Å². The van der Waals surface area contributed by atoms with E-state index in [1.54, 1.807) is 0 Å². The van der Waals surface area contributed by atoms with E-state index in [2.05, 4.69) is 49.1 Å². The molecule has 2 aromatic carbocycles. The molecule has 1 amide bonds. The summed E-state index contributed by atoms with van der Waals surface area (Å²) < 4.78 is 0. The van der Waals surface area contributed by atoms with Crippen molar-refractivity contribution < 1.29 is 4.79 Å². The van der Waals surface area contributed by atoms with Crippen LogP contribution >= 0.6 is 11.6 Å². The van der Waals surface area contributed by atoms with Crippen molar-refractivity contribution in [1.29, 1.82) is 0 Å². The number of carbonyl (C=O) groups is 1. The van der Waals surface area contributed by atoms with Gasteiger partial charge in [-0.15, -0.1) is 0 Å². The van der Waals surface area contributed by atoms with Crippen LogP contribution in [0.3, 0.4) is 0 Å². The number of amides is 1. The van der Waals surface area contributed by atoms with Gasteiger partial charge in [-0.05, 0) is 48.8 Å². The fourth-order valence-corrected chi connectivity index (χ4v) is 4.58. The summed E-state index contributed by atoms with van der Waals surface area (Å²) in [6.45, 7) is 8.03. The number of benzene rings is 2. The Labute approximate surface area is 160 Å². The normalized spacial score (nSPS) is 23.8. The van der Waals surface area contributed by atoms with Gasteiger partial charge in [0, 0.05) is 29.7 Å². The SMILES string of the molecule is CCN(CC)CCN1C(=O)[C@]2(CC2c2ccc(Cl)cc2)c2ccccc21. The Kier molecular flexibility index (Phi) is 4.54. The average Bonchev–Trinajstić information content (AvgIpc) is 3.37. The standard InChI is InChI=1S/C22H25ClN2O/c1-3-24(4-2)13-14-25-20-8-6-5-7-18(20)22(21(25)26)15-19(22)16-9-11-17(23)12-10-16/h5-12,19H,3-4,13-15H2,1-2H3/t19?,22-/m1/s1. The van der Waals surface area contributed by atoms with Gasteiger partial charge in [0.05, 0.1) is 5.41 Å². The van der Waals surface area contributed by atoms with E-state index in [9.17, 15) is 4.79 Å².